The quantitative estimate of drug-likeness (QED) is 0.792. The second-order valence-corrected chi connectivity index (χ2v) is 6.59. The lowest BCUT2D eigenvalue weighted by Crippen LogP contribution is -2.41. The van der Waals surface area contributed by atoms with Gasteiger partial charge in [-0.25, -0.2) is 4.98 Å². The Morgan fingerprint density at radius 1 is 1.04 bits per heavy atom. The smallest absolute Gasteiger partial charge is 0.238 e. The summed E-state index contributed by atoms with van der Waals surface area (Å²) < 4.78 is 0.899. The summed E-state index contributed by atoms with van der Waals surface area (Å²) in [6.07, 6.45) is 0. The monoisotopic (exact) mass is 358 g/mol. The molecule has 1 aliphatic heterocycles. The van der Waals surface area contributed by atoms with Gasteiger partial charge in [-0.2, -0.15) is 4.99 Å². The van der Waals surface area contributed by atoms with Crippen LogP contribution < -0.4 is 10.6 Å². The molecular formula is C16H14N4O4S. The molecule has 9 heteroatoms. The van der Waals surface area contributed by atoms with E-state index in [0.29, 0.717) is 5.13 Å². The molecular weight excluding hydrogens is 344 g/mol. The van der Waals surface area contributed by atoms with Gasteiger partial charge in [0, 0.05) is 0 Å². The molecule has 2 heterocycles. The zero-order valence-electron chi connectivity index (χ0n) is 13.4. The van der Waals surface area contributed by atoms with Crippen molar-refractivity contribution in [3.63, 3.8) is 0 Å². The number of hydrogen-bond acceptors (Lipinski definition) is 7. The SMILES string of the molecule is CC(=O)[C@H]1C(=O)NC(=Nc2nc3ccccc3s2)NC(=O)[C@@H]1C(C)=O. The molecule has 0 unspecified atom stereocenters. The Labute approximate surface area is 146 Å². The van der Waals surface area contributed by atoms with Crippen LogP contribution in [0, 0.1) is 11.8 Å². The summed E-state index contributed by atoms with van der Waals surface area (Å²) in [5.41, 5.74) is 0.737. The molecule has 0 aliphatic carbocycles. The van der Waals surface area contributed by atoms with Crippen molar-refractivity contribution in [2.75, 3.05) is 0 Å². The van der Waals surface area contributed by atoms with E-state index in [4.69, 9.17) is 0 Å². The molecule has 8 nitrogen and oxygen atoms in total. The van der Waals surface area contributed by atoms with Gasteiger partial charge >= 0.3 is 0 Å². The number of nitrogens with zero attached hydrogens (tertiary/aromatic N) is 2. The third kappa shape index (κ3) is 3.31. The van der Waals surface area contributed by atoms with Crippen LogP contribution in [0.2, 0.25) is 0 Å². The van der Waals surface area contributed by atoms with Crippen LogP contribution in [0.25, 0.3) is 10.2 Å². The molecule has 0 spiro atoms. The van der Waals surface area contributed by atoms with E-state index in [1.807, 2.05) is 24.3 Å². The Morgan fingerprint density at radius 2 is 1.60 bits per heavy atom. The predicted octanol–water partition coefficient (Wildman–Crippen LogP) is 0.940. The number of fused-ring (bicyclic) bond motifs is 1. The third-order valence-electron chi connectivity index (χ3n) is 3.75. The molecule has 128 valence electrons. The van der Waals surface area contributed by atoms with E-state index < -0.39 is 35.2 Å². The number of benzene rings is 1. The van der Waals surface area contributed by atoms with Crippen LogP contribution in [-0.2, 0) is 19.2 Å². The highest BCUT2D eigenvalue weighted by atomic mass is 32.1. The number of aliphatic imine (C=N–C) groups is 1. The number of carbonyl (C=O) groups is 4. The highest BCUT2D eigenvalue weighted by molar-refractivity contribution is 7.22. The number of ketones is 2. The Balaban J connectivity index is 1.98. The van der Waals surface area contributed by atoms with Crippen molar-refractivity contribution in [3.05, 3.63) is 24.3 Å². The number of thiazole rings is 1. The predicted molar refractivity (Wildman–Crippen MR) is 91.3 cm³/mol. The van der Waals surface area contributed by atoms with Crippen molar-refractivity contribution in [2.24, 2.45) is 16.8 Å². The Kier molecular flexibility index (Phi) is 4.41. The summed E-state index contributed by atoms with van der Waals surface area (Å²) in [6, 6.07) is 7.39. The highest BCUT2D eigenvalue weighted by Gasteiger charge is 2.43. The van der Waals surface area contributed by atoms with E-state index in [2.05, 4.69) is 20.6 Å². The number of amides is 2. The Bertz CT molecular complexity index is 864. The van der Waals surface area contributed by atoms with Crippen LogP contribution in [0.4, 0.5) is 5.13 Å². The summed E-state index contributed by atoms with van der Waals surface area (Å²) in [7, 11) is 0. The molecule has 1 fully saturated rings. The maximum absolute atomic E-state index is 12.3. The molecule has 0 radical (unpaired) electrons. The minimum atomic E-state index is -1.37. The normalized spacial score (nSPS) is 20.6. The molecule has 1 saturated heterocycles. The summed E-state index contributed by atoms with van der Waals surface area (Å²) in [4.78, 5) is 56.6. The van der Waals surface area contributed by atoms with E-state index in [1.165, 1.54) is 25.2 Å². The van der Waals surface area contributed by atoms with Gasteiger partial charge in [-0.1, -0.05) is 23.5 Å². The standard InChI is InChI=1S/C16H14N4O4S/c1-7(21)11-12(8(2)22)14(24)19-15(18-13(11)23)20-16-17-9-5-3-4-6-10(9)25-16/h3-6,11-12H,1-2H3,(H2,17,18,19,20,23,24)/t11-,12-/m1/s1. The van der Waals surface area contributed by atoms with E-state index in [1.54, 1.807) is 0 Å². The molecule has 1 aromatic heterocycles. The molecule has 0 bridgehead atoms. The van der Waals surface area contributed by atoms with E-state index in [9.17, 15) is 19.2 Å². The summed E-state index contributed by atoms with van der Waals surface area (Å²) >= 11 is 1.28. The molecule has 2 amide bonds. The molecule has 1 aliphatic rings. The molecule has 2 atom stereocenters. The fraction of sp³-hybridized carbons (Fsp3) is 0.250. The molecule has 25 heavy (non-hydrogen) atoms. The maximum atomic E-state index is 12.3. The average molecular weight is 358 g/mol. The van der Waals surface area contributed by atoms with E-state index in [-0.39, 0.29) is 5.96 Å². The second-order valence-electron chi connectivity index (χ2n) is 5.58. The largest absolute Gasteiger partial charge is 0.299 e. The van der Waals surface area contributed by atoms with Crippen LogP contribution in [0.5, 0.6) is 0 Å². The van der Waals surface area contributed by atoms with Gasteiger partial charge in [0.1, 0.15) is 23.4 Å². The van der Waals surface area contributed by atoms with Crippen LogP contribution in [-0.4, -0.2) is 34.3 Å². The van der Waals surface area contributed by atoms with Crippen molar-refractivity contribution in [2.45, 2.75) is 13.8 Å². The summed E-state index contributed by atoms with van der Waals surface area (Å²) in [5.74, 6) is -5.51. The average Bonchev–Trinajstić information content (AvgIpc) is 2.87. The number of guanidine groups is 1. The number of Topliss-reactive ketones (excluding diaryl/α,β-unsaturated/α-hetero) is 2. The van der Waals surface area contributed by atoms with Crippen molar-refractivity contribution in [3.8, 4) is 0 Å². The fourth-order valence-electron chi connectivity index (χ4n) is 2.62. The topological polar surface area (TPSA) is 118 Å². The van der Waals surface area contributed by atoms with Gasteiger partial charge in [-0.15, -0.1) is 0 Å². The second kappa shape index (κ2) is 6.52. The lowest BCUT2D eigenvalue weighted by molar-refractivity contribution is -0.144. The Hall–Kier alpha value is -2.94. The van der Waals surface area contributed by atoms with Crippen molar-refractivity contribution < 1.29 is 19.2 Å². The minimum absolute atomic E-state index is 0.149. The maximum Gasteiger partial charge on any atom is 0.238 e. The highest BCUT2D eigenvalue weighted by Crippen LogP contribution is 2.27. The first-order valence-corrected chi connectivity index (χ1v) is 8.25. The first-order valence-electron chi connectivity index (χ1n) is 7.43. The van der Waals surface area contributed by atoms with Crippen molar-refractivity contribution in [1.29, 1.82) is 0 Å². The lowest BCUT2D eigenvalue weighted by Gasteiger charge is -2.15. The van der Waals surface area contributed by atoms with Gasteiger partial charge in [0.2, 0.25) is 22.9 Å². The lowest BCUT2D eigenvalue weighted by atomic mass is 9.85. The van der Waals surface area contributed by atoms with Gasteiger partial charge in [0.25, 0.3) is 0 Å². The summed E-state index contributed by atoms with van der Waals surface area (Å²) in [6.45, 7) is 2.34. The number of carbonyl (C=O) groups excluding carboxylic acids is 4. The molecule has 3 rings (SSSR count). The van der Waals surface area contributed by atoms with Crippen molar-refractivity contribution >= 4 is 56.0 Å². The molecule has 2 N–H and O–H groups in total. The van der Waals surface area contributed by atoms with Gasteiger partial charge in [-0.3, -0.25) is 29.8 Å². The first-order chi connectivity index (χ1) is 11.9. The van der Waals surface area contributed by atoms with E-state index >= 15 is 0 Å². The third-order valence-corrected chi connectivity index (χ3v) is 4.68. The van der Waals surface area contributed by atoms with Crippen LogP contribution >= 0.6 is 11.3 Å². The van der Waals surface area contributed by atoms with Gasteiger partial charge in [-0.05, 0) is 26.0 Å². The fourth-order valence-corrected chi connectivity index (χ4v) is 3.46. The van der Waals surface area contributed by atoms with Gasteiger partial charge < -0.3 is 0 Å². The number of para-hydroxylation sites is 1. The molecule has 2 aromatic rings. The number of aromatic nitrogens is 1. The zero-order chi connectivity index (χ0) is 18.1. The van der Waals surface area contributed by atoms with Gasteiger partial charge in [0.15, 0.2) is 0 Å². The zero-order valence-corrected chi connectivity index (χ0v) is 14.2. The Morgan fingerprint density at radius 3 is 2.12 bits per heavy atom. The minimum Gasteiger partial charge on any atom is -0.299 e. The van der Waals surface area contributed by atoms with E-state index in [0.717, 1.165) is 10.2 Å². The molecule has 0 saturated carbocycles. The van der Waals surface area contributed by atoms with Crippen LogP contribution in [0.15, 0.2) is 29.3 Å². The number of rotatable bonds is 3. The number of hydrogen-bond donors (Lipinski definition) is 2. The molecule has 1 aromatic carbocycles. The van der Waals surface area contributed by atoms with Crippen LogP contribution in [0.3, 0.4) is 0 Å². The van der Waals surface area contributed by atoms with Gasteiger partial charge in [0.05, 0.1) is 10.2 Å². The summed E-state index contributed by atoms with van der Waals surface area (Å²) in [5, 5.41) is 5.11. The first kappa shape index (κ1) is 16.9. The van der Waals surface area contributed by atoms with Crippen molar-refractivity contribution in [1.82, 2.24) is 15.6 Å². The number of nitrogens with one attached hydrogen (secondary N) is 2. The van der Waals surface area contributed by atoms with Crippen LogP contribution in [0.1, 0.15) is 13.8 Å².